The highest BCUT2D eigenvalue weighted by Crippen LogP contribution is 2.50. The number of pyridine rings is 1. The van der Waals surface area contributed by atoms with Crippen molar-refractivity contribution in [3.8, 4) is 11.6 Å². The Morgan fingerprint density at radius 3 is 2.43 bits per heavy atom. The monoisotopic (exact) mass is 669 g/mol. The number of hydrogen-bond acceptors (Lipinski definition) is 7. The summed E-state index contributed by atoms with van der Waals surface area (Å²) in [5.74, 6) is -6.80. The minimum absolute atomic E-state index is 0.0960. The van der Waals surface area contributed by atoms with E-state index in [4.69, 9.17) is 14.2 Å². The summed E-state index contributed by atoms with van der Waals surface area (Å²) in [6, 6.07) is 1.22. The highest BCUT2D eigenvalue weighted by atomic mass is 19.4. The number of ether oxygens (including phenoxy) is 3. The second-order valence-electron chi connectivity index (χ2n) is 13.9. The maximum Gasteiger partial charge on any atom is 0.417 e. The predicted molar refractivity (Wildman–Crippen MR) is 160 cm³/mol. The van der Waals surface area contributed by atoms with Crippen LogP contribution in [0, 0.1) is 17.3 Å². The molecule has 14 heteroatoms. The van der Waals surface area contributed by atoms with Gasteiger partial charge in [-0.1, -0.05) is 34.1 Å². The van der Waals surface area contributed by atoms with E-state index in [1.807, 2.05) is 0 Å². The third kappa shape index (κ3) is 6.96. The molecule has 1 aromatic heterocycles. The van der Waals surface area contributed by atoms with Crippen LogP contribution in [-0.4, -0.2) is 65.6 Å². The van der Waals surface area contributed by atoms with E-state index in [-0.39, 0.29) is 36.6 Å². The number of methoxy groups -OCH3 is 1. The molecular formula is C33H40F5N3O6. The second kappa shape index (κ2) is 12.4. The fourth-order valence-electron chi connectivity index (χ4n) is 6.78. The van der Waals surface area contributed by atoms with Gasteiger partial charge in [0.15, 0.2) is 5.78 Å². The molecule has 3 aliphatic rings. The van der Waals surface area contributed by atoms with E-state index in [1.54, 1.807) is 27.7 Å². The standard InChI is InChI=1S/C33H40F5N3O6/c1-16-23-15-41(26(16)17(2)42)29(43)27(31(3,4)5)40-30(44)47-22-13-18(22)9-7-8-12-32(34,35)25-24(33(36,37)38)20-11-10-19(45-6)14-21(20)39-28(25)46-23/h10-11,14,16,18,22-23,26-27H,7-9,12-13,15H2,1-6H3,(H,40,44)/t16?,18-,22-,23+,26+,27-/m1/s1. The molecule has 2 aliphatic heterocycles. The maximum absolute atomic E-state index is 16.2. The van der Waals surface area contributed by atoms with Gasteiger partial charge >= 0.3 is 12.3 Å². The first-order valence-corrected chi connectivity index (χ1v) is 15.8. The normalized spacial score (nSPS) is 28.6. The summed E-state index contributed by atoms with van der Waals surface area (Å²) in [5.41, 5.74) is -4.07. The summed E-state index contributed by atoms with van der Waals surface area (Å²) in [4.78, 5) is 45.3. The van der Waals surface area contributed by atoms with Gasteiger partial charge in [-0.05, 0) is 49.7 Å². The van der Waals surface area contributed by atoms with Crippen molar-refractivity contribution in [2.24, 2.45) is 17.3 Å². The van der Waals surface area contributed by atoms with Crippen molar-refractivity contribution in [1.29, 1.82) is 0 Å². The van der Waals surface area contributed by atoms with Gasteiger partial charge < -0.3 is 24.4 Å². The first-order chi connectivity index (χ1) is 21.8. The smallest absolute Gasteiger partial charge is 0.417 e. The Hall–Kier alpha value is -3.71. The van der Waals surface area contributed by atoms with E-state index in [1.165, 1.54) is 31.1 Å². The molecule has 258 valence electrons. The minimum Gasteiger partial charge on any atom is -0.497 e. The number of benzene rings is 1. The SMILES string of the molecule is COc1ccc2c(C(F)(F)F)c3c(nc2c1)O[C@H]1CN(C(=O)[C@H](C(C)(C)C)NC(=O)O[C@@H]2C[C@H]2CCCCC3(F)F)[C@H](C(C)=O)C1C. The summed E-state index contributed by atoms with van der Waals surface area (Å²) in [7, 11) is 1.31. The van der Waals surface area contributed by atoms with E-state index in [0.717, 1.165) is 6.07 Å². The van der Waals surface area contributed by atoms with Crippen LogP contribution in [0.4, 0.5) is 26.7 Å². The van der Waals surface area contributed by atoms with Crippen molar-refractivity contribution in [2.45, 2.75) is 103 Å². The second-order valence-corrected chi connectivity index (χ2v) is 13.9. The molecule has 1 unspecified atom stereocenters. The largest absolute Gasteiger partial charge is 0.497 e. The molecular weight excluding hydrogens is 629 g/mol. The Balaban J connectivity index is 1.67. The first kappa shape index (κ1) is 34.6. The zero-order valence-electron chi connectivity index (χ0n) is 27.2. The number of Topliss-reactive ketones (excluding diaryl/α,β-unsaturated/α-hetero) is 1. The molecule has 1 saturated heterocycles. The molecule has 3 heterocycles. The highest BCUT2D eigenvalue weighted by Gasteiger charge is 2.52. The third-order valence-electron chi connectivity index (χ3n) is 9.38. The molecule has 2 aromatic rings. The molecule has 9 nitrogen and oxygen atoms in total. The number of halogens is 5. The number of carbonyl (C=O) groups excluding carboxylic acids is 3. The fraction of sp³-hybridized carbons (Fsp3) is 0.636. The molecule has 1 N–H and O–H groups in total. The van der Waals surface area contributed by atoms with Crippen LogP contribution < -0.4 is 14.8 Å². The number of carbonyl (C=O) groups is 3. The summed E-state index contributed by atoms with van der Waals surface area (Å²) >= 11 is 0. The molecule has 47 heavy (non-hydrogen) atoms. The van der Waals surface area contributed by atoms with Crippen LogP contribution in [0.2, 0.25) is 0 Å². The molecule has 1 aliphatic carbocycles. The number of ketones is 1. The van der Waals surface area contributed by atoms with Crippen molar-refractivity contribution >= 4 is 28.7 Å². The Bertz CT molecular complexity index is 1560. The Kier molecular flexibility index (Phi) is 9.12. The quantitative estimate of drug-likeness (QED) is 0.358. The Morgan fingerprint density at radius 2 is 1.81 bits per heavy atom. The molecule has 2 amide bonds. The van der Waals surface area contributed by atoms with Gasteiger partial charge in [0.05, 0.1) is 36.3 Å². The Labute approximate surface area is 269 Å². The fourth-order valence-corrected chi connectivity index (χ4v) is 6.78. The van der Waals surface area contributed by atoms with Crippen LogP contribution in [0.5, 0.6) is 11.6 Å². The average molecular weight is 670 g/mol. The van der Waals surface area contributed by atoms with Gasteiger partial charge in [0.2, 0.25) is 11.8 Å². The van der Waals surface area contributed by atoms with Crippen molar-refractivity contribution in [1.82, 2.24) is 15.2 Å². The zero-order chi connectivity index (χ0) is 34.6. The summed E-state index contributed by atoms with van der Waals surface area (Å²) < 4.78 is 93.6. The van der Waals surface area contributed by atoms with Gasteiger partial charge in [0.1, 0.15) is 24.0 Å². The van der Waals surface area contributed by atoms with E-state index in [0.29, 0.717) is 12.8 Å². The lowest BCUT2D eigenvalue weighted by atomic mass is 9.85. The third-order valence-corrected chi connectivity index (χ3v) is 9.38. The summed E-state index contributed by atoms with van der Waals surface area (Å²) in [5, 5.41) is 2.11. The molecule has 1 aromatic carbocycles. The van der Waals surface area contributed by atoms with Gasteiger partial charge in [-0.25, -0.2) is 18.6 Å². The topological polar surface area (TPSA) is 107 Å². The molecule has 0 radical (unpaired) electrons. The number of aromatic nitrogens is 1. The molecule has 6 atom stereocenters. The maximum atomic E-state index is 16.2. The van der Waals surface area contributed by atoms with Crippen LogP contribution >= 0.6 is 0 Å². The molecule has 0 spiro atoms. The van der Waals surface area contributed by atoms with E-state index in [2.05, 4.69) is 10.3 Å². The first-order valence-electron chi connectivity index (χ1n) is 15.8. The van der Waals surface area contributed by atoms with Crippen molar-refractivity contribution in [3.63, 3.8) is 0 Å². The Morgan fingerprint density at radius 1 is 1.11 bits per heavy atom. The average Bonchev–Trinajstić information content (AvgIpc) is 3.61. The van der Waals surface area contributed by atoms with Crippen LogP contribution in [-0.2, 0) is 26.4 Å². The number of fused-ring (bicyclic) bond motifs is 5. The van der Waals surface area contributed by atoms with Gasteiger partial charge in [0, 0.05) is 23.8 Å². The molecule has 2 bridgehead atoms. The van der Waals surface area contributed by atoms with Crippen LogP contribution in [0.15, 0.2) is 18.2 Å². The number of amides is 2. The lowest BCUT2D eigenvalue weighted by Crippen LogP contribution is -2.57. The van der Waals surface area contributed by atoms with Crippen molar-refractivity contribution in [2.75, 3.05) is 13.7 Å². The number of alkyl halides is 5. The molecule has 5 rings (SSSR count). The number of rotatable bonds is 2. The molecule has 2 fully saturated rings. The summed E-state index contributed by atoms with van der Waals surface area (Å²) in [6.45, 7) is 7.64. The van der Waals surface area contributed by atoms with Gasteiger partial charge in [-0.2, -0.15) is 13.2 Å². The zero-order valence-corrected chi connectivity index (χ0v) is 27.2. The van der Waals surface area contributed by atoms with Crippen molar-refractivity contribution < 1.29 is 50.5 Å². The number of hydrogen-bond donors (Lipinski definition) is 1. The number of alkyl carbamates (subject to hydrolysis) is 1. The number of nitrogens with zero attached hydrogens (tertiary/aromatic N) is 2. The van der Waals surface area contributed by atoms with Crippen LogP contribution in [0.1, 0.15) is 77.8 Å². The predicted octanol–water partition coefficient (Wildman–Crippen LogP) is 6.64. The lowest BCUT2D eigenvalue weighted by molar-refractivity contribution is -0.141. The van der Waals surface area contributed by atoms with Gasteiger partial charge in [-0.15, -0.1) is 0 Å². The van der Waals surface area contributed by atoms with Crippen molar-refractivity contribution in [3.05, 3.63) is 29.3 Å². The number of nitrogens with one attached hydrogen (secondary N) is 1. The van der Waals surface area contributed by atoms with Crippen LogP contribution in [0.25, 0.3) is 10.9 Å². The van der Waals surface area contributed by atoms with Crippen LogP contribution in [0.3, 0.4) is 0 Å². The highest BCUT2D eigenvalue weighted by molar-refractivity contribution is 5.93. The molecule has 1 saturated carbocycles. The minimum atomic E-state index is -5.22. The van der Waals surface area contributed by atoms with E-state index >= 15 is 8.78 Å². The van der Waals surface area contributed by atoms with Gasteiger partial charge in [-0.3, -0.25) is 9.59 Å². The summed E-state index contributed by atoms with van der Waals surface area (Å²) in [6.07, 6.45) is -7.52. The lowest BCUT2D eigenvalue weighted by Gasteiger charge is -2.35. The van der Waals surface area contributed by atoms with E-state index < -0.39 is 94.3 Å². The van der Waals surface area contributed by atoms with Gasteiger partial charge in [0.25, 0.3) is 5.92 Å². The van der Waals surface area contributed by atoms with E-state index in [9.17, 15) is 27.6 Å².